The number of fused-ring (bicyclic) bond motifs is 1. The molecule has 1 aliphatic carbocycles. The Morgan fingerprint density at radius 1 is 1.15 bits per heavy atom. The lowest BCUT2D eigenvalue weighted by Crippen LogP contribution is -2.55. The molecule has 1 unspecified atom stereocenters. The van der Waals surface area contributed by atoms with Crippen LogP contribution >= 0.6 is 0 Å². The highest BCUT2D eigenvalue weighted by molar-refractivity contribution is 6.04. The minimum Gasteiger partial charge on any atom is -0.495 e. The Morgan fingerprint density at radius 3 is 2.70 bits per heavy atom. The topological polar surface area (TPSA) is 112 Å². The van der Waals surface area contributed by atoms with Gasteiger partial charge >= 0.3 is 0 Å². The SMILES string of the molecule is CCC1C(=O)N(C)c2cnc(Nc3ccc(-c4ncc(CN5CCNCC5)o4)cc3OC)nc2N1C1CCCC1. The highest BCUT2D eigenvalue weighted by Crippen LogP contribution is 2.40. The second-order valence-electron chi connectivity index (χ2n) is 10.8. The first-order valence-corrected chi connectivity index (χ1v) is 14.3. The first kappa shape index (κ1) is 26.5. The second-order valence-corrected chi connectivity index (χ2v) is 10.8. The molecule has 0 bridgehead atoms. The van der Waals surface area contributed by atoms with Crippen LogP contribution in [0.4, 0.5) is 23.1 Å². The maximum absolute atomic E-state index is 13.2. The number of anilines is 4. The van der Waals surface area contributed by atoms with Gasteiger partial charge < -0.3 is 29.6 Å². The zero-order chi connectivity index (χ0) is 27.6. The van der Waals surface area contributed by atoms with Crippen LogP contribution in [0, 0.1) is 0 Å². The van der Waals surface area contributed by atoms with Gasteiger partial charge in [-0.1, -0.05) is 19.8 Å². The number of likely N-dealkylation sites (N-methyl/N-ethyl adjacent to an activating group) is 1. The summed E-state index contributed by atoms with van der Waals surface area (Å²) in [4.78, 5) is 33.5. The molecule has 212 valence electrons. The van der Waals surface area contributed by atoms with E-state index in [4.69, 9.17) is 14.1 Å². The fourth-order valence-corrected chi connectivity index (χ4v) is 6.09. The molecule has 4 heterocycles. The molecule has 1 saturated carbocycles. The molecular weight excluding hydrogens is 508 g/mol. The van der Waals surface area contributed by atoms with E-state index in [1.54, 1.807) is 24.4 Å². The number of nitrogens with zero attached hydrogens (tertiary/aromatic N) is 6. The van der Waals surface area contributed by atoms with Crippen molar-refractivity contribution in [2.45, 2.75) is 57.7 Å². The Balaban J connectivity index is 1.24. The normalized spacial score (nSPS) is 20.2. The summed E-state index contributed by atoms with van der Waals surface area (Å²) in [5, 5.41) is 6.71. The molecule has 3 aliphatic rings. The molecule has 6 rings (SSSR count). The molecule has 1 amide bonds. The van der Waals surface area contributed by atoms with E-state index in [0.29, 0.717) is 23.6 Å². The van der Waals surface area contributed by atoms with Crippen molar-refractivity contribution in [1.29, 1.82) is 0 Å². The van der Waals surface area contributed by atoms with E-state index in [9.17, 15) is 4.79 Å². The summed E-state index contributed by atoms with van der Waals surface area (Å²) in [7, 11) is 3.45. The predicted molar refractivity (Wildman–Crippen MR) is 154 cm³/mol. The molecule has 3 aromatic rings. The lowest BCUT2D eigenvalue weighted by molar-refractivity contribution is -0.120. The van der Waals surface area contributed by atoms with Crippen LogP contribution in [-0.2, 0) is 11.3 Å². The van der Waals surface area contributed by atoms with Crippen molar-refractivity contribution in [3.63, 3.8) is 0 Å². The number of oxazole rings is 1. The summed E-state index contributed by atoms with van der Waals surface area (Å²) in [6, 6.07) is 5.89. The third-order valence-electron chi connectivity index (χ3n) is 8.25. The van der Waals surface area contributed by atoms with E-state index >= 15 is 0 Å². The number of carbonyl (C=O) groups excluding carboxylic acids is 1. The summed E-state index contributed by atoms with van der Waals surface area (Å²) < 4.78 is 11.8. The van der Waals surface area contributed by atoms with Gasteiger partial charge in [-0.05, 0) is 37.5 Å². The van der Waals surface area contributed by atoms with Gasteiger partial charge in [-0.25, -0.2) is 9.97 Å². The van der Waals surface area contributed by atoms with Crippen molar-refractivity contribution in [1.82, 2.24) is 25.2 Å². The molecule has 0 radical (unpaired) electrons. The van der Waals surface area contributed by atoms with Gasteiger partial charge in [0, 0.05) is 44.8 Å². The molecule has 1 aromatic carbocycles. The van der Waals surface area contributed by atoms with Crippen molar-refractivity contribution in [2.24, 2.45) is 0 Å². The van der Waals surface area contributed by atoms with Crippen molar-refractivity contribution in [2.75, 3.05) is 55.5 Å². The number of amides is 1. The summed E-state index contributed by atoms with van der Waals surface area (Å²) >= 11 is 0. The van der Waals surface area contributed by atoms with E-state index < -0.39 is 0 Å². The van der Waals surface area contributed by atoms with Crippen LogP contribution in [0.1, 0.15) is 44.8 Å². The second kappa shape index (κ2) is 11.4. The lowest BCUT2D eigenvalue weighted by Gasteiger charge is -2.43. The van der Waals surface area contributed by atoms with E-state index in [2.05, 4.69) is 37.3 Å². The molecule has 40 heavy (non-hydrogen) atoms. The summed E-state index contributed by atoms with van der Waals surface area (Å²) in [6.07, 6.45) is 8.79. The van der Waals surface area contributed by atoms with E-state index in [1.165, 1.54) is 12.8 Å². The fraction of sp³-hybridized carbons (Fsp3) is 0.517. The molecule has 1 saturated heterocycles. The third kappa shape index (κ3) is 5.11. The number of carbonyl (C=O) groups is 1. The van der Waals surface area contributed by atoms with Gasteiger partial charge in [0.2, 0.25) is 17.7 Å². The van der Waals surface area contributed by atoms with Crippen LogP contribution in [0.5, 0.6) is 5.75 Å². The maximum Gasteiger partial charge on any atom is 0.249 e. The monoisotopic (exact) mass is 546 g/mol. The smallest absolute Gasteiger partial charge is 0.249 e. The predicted octanol–water partition coefficient (Wildman–Crippen LogP) is 3.79. The molecule has 2 aliphatic heterocycles. The van der Waals surface area contributed by atoms with Crippen LogP contribution in [0.15, 0.2) is 35.0 Å². The van der Waals surface area contributed by atoms with Gasteiger partial charge in [-0.3, -0.25) is 9.69 Å². The molecule has 2 fully saturated rings. The van der Waals surface area contributed by atoms with Crippen LogP contribution in [0.3, 0.4) is 0 Å². The van der Waals surface area contributed by atoms with Gasteiger partial charge in [-0.15, -0.1) is 0 Å². The number of piperazine rings is 1. The highest BCUT2D eigenvalue weighted by Gasteiger charge is 2.41. The third-order valence-corrected chi connectivity index (χ3v) is 8.25. The van der Waals surface area contributed by atoms with Crippen LogP contribution in [0.2, 0.25) is 0 Å². The average molecular weight is 547 g/mol. The zero-order valence-corrected chi connectivity index (χ0v) is 23.5. The maximum atomic E-state index is 13.2. The quantitative estimate of drug-likeness (QED) is 0.433. The van der Waals surface area contributed by atoms with Crippen LogP contribution in [0.25, 0.3) is 11.5 Å². The van der Waals surface area contributed by atoms with E-state index in [0.717, 1.165) is 80.5 Å². The Labute approximate surface area is 234 Å². The number of hydrogen-bond acceptors (Lipinski definition) is 10. The Morgan fingerprint density at radius 2 is 1.95 bits per heavy atom. The molecule has 0 spiro atoms. The average Bonchev–Trinajstić information content (AvgIpc) is 3.68. The summed E-state index contributed by atoms with van der Waals surface area (Å²) in [6.45, 7) is 6.80. The lowest BCUT2D eigenvalue weighted by atomic mass is 10.0. The standard InChI is InChI=1S/C29H38N8O3/c1-4-23-28(38)35(2)24-17-32-29(34-26(24)37(23)20-7-5-6-8-20)33-22-10-9-19(15-25(22)39-3)27-31-16-21(40-27)18-36-13-11-30-12-14-36/h9-10,15-17,20,23,30H,4-8,11-14,18H2,1-3H3,(H,32,33,34). The van der Waals surface area contributed by atoms with Crippen LogP contribution < -0.4 is 25.2 Å². The number of aromatic nitrogens is 3. The fourth-order valence-electron chi connectivity index (χ4n) is 6.09. The van der Waals surface area contributed by atoms with Crippen molar-refractivity contribution < 1.29 is 13.9 Å². The Hall–Kier alpha value is -3.70. The molecule has 11 heteroatoms. The molecule has 2 aromatic heterocycles. The van der Waals surface area contributed by atoms with Gasteiger partial charge in [0.25, 0.3) is 0 Å². The first-order valence-electron chi connectivity index (χ1n) is 14.3. The van der Waals surface area contributed by atoms with Gasteiger partial charge in [0.15, 0.2) is 5.82 Å². The number of methoxy groups -OCH3 is 1. The molecule has 2 N–H and O–H groups in total. The Bertz CT molecular complexity index is 1350. The number of rotatable bonds is 8. The summed E-state index contributed by atoms with van der Waals surface area (Å²) in [5.74, 6) is 3.41. The number of hydrogen-bond donors (Lipinski definition) is 2. The van der Waals surface area contributed by atoms with Gasteiger partial charge in [0.05, 0.1) is 31.7 Å². The van der Waals surface area contributed by atoms with Crippen molar-refractivity contribution in [3.05, 3.63) is 36.4 Å². The van der Waals surface area contributed by atoms with Crippen molar-refractivity contribution >= 4 is 29.0 Å². The molecule has 1 atom stereocenters. The largest absolute Gasteiger partial charge is 0.495 e. The van der Waals surface area contributed by atoms with Crippen LogP contribution in [-0.4, -0.2) is 78.2 Å². The number of benzene rings is 1. The molecule has 11 nitrogen and oxygen atoms in total. The first-order chi connectivity index (χ1) is 19.6. The minimum atomic E-state index is -0.213. The van der Waals surface area contributed by atoms with Crippen molar-refractivity contribution in [3.8, 4) is 17.2 Å². The Kier molecular flexibility index (Phi) is 7.57. The number of nitrogens with one attached hydrogen (secondary N) is 2. The summed E-state index contributed by atoms with van der Waals surface area (Å²) in [5.41, 5.74) is 2.31. The number of ether oxygens (including phenoxy) is 1. The molecular formula is C29H38N8O3. The van der Waals surface area contributed by atoms with E-state index in [-0.39, 0.29) is 11.9 Å². The zero-order valence-electron chi connectivity index (χ0n) is 23.5. The van der Waals surface area contributed by atoms with Gasteiger partial charge in [0.1, 0.15) is 23.2 Å². The minimum absolute atomic E-state index is 0.103. The highest BCUT2D eigenvalue weighted by atomic mass is 16.5. The van der Waals surface area contributed by atoms with E-state index in [1.807, 2.05) is 25.2 Å². The van der Waals surface area contributed by atoms with Gasteiger partial charge in [-0.2, -0.15) is 4.98 Å².